The van der Waals surface area contributed by atoms with Gasteiger partial charge in [-0.15, -0.1) is 0 Å². The van der Waals surface area contributed by atoms with E-state index in [0.717, 1.165) is 6.07 Å². The highest BCUT2D eigenvalue weighted by atomic mass is 35.5. The predicted molar refractivity (Wildman–Crippen MR) is 75.5 cm³/mol. The van der Waals surface area contributed by atoms with Gasteiger partial charge in [0.1, 0.15) is 5.02 Å². The van der Waals surface area contributed by atoms with Crippen LogP contribution in [0.25, 0.3) is 0 Å². The van der Waals surface area contributed by atoms with Crippen molar-refractivity contribution in [3.63, 3.8) is 0 Å². The maximum absolute atomic E-state index is 12.2. The summed E-state index contributed by atoms with van der Waals surface area (Å²) in [6.07, 6.45) is 2.89. The van der Waals surface area contributed by atoms with Gasteiger partial charge in [-0.3, -0.25) is 10.1 Å². The Morgan fingerprint density at radius 3 is 2.76 bits per heavy atom. The van der Waals surface area contributed by atoms with E-state index in [2.05, 4.69) is 14.7 Å². The summed E-state index contributed by atoms with van der Waals surface area (Å²) in [4.78, 5) is 16.5. The third-order valence-electron chi connectivity index (χ3n) is 2.74. The van der Waals surface area contributed by atoms with Crippen LogP contribution in [0, 0.1) is 17.0 Å². The van der Waals surface area contributed by atoms with Crippen molar-refractivity contribution in [2.45, 2.75) is 18.4 Å². The highest BCUT2D eigenvalue weighted by Gasteiger charge is 2.23. The monoisotopic (exact) mass is 330 g/mol. The second kappa shape index (κ2) is 5.80. The first-order valence-corrected chi connectivity index (χ1v) is 7.59. The largest absolute Gasteiger partial charge is 0.347 e. The van der Waals surface area contributed by atoms with Crippen LogP contribution < -0.4 is 4.72 Å². The molecule has 0 radical (unpaired) electrons. The van der Waals surface area contributed by atoms with Crippen molar-refractivity contribution >= 4 is 27.3 Å². The second-order valence-electron chi connectivity index (χ2n) is 4.23. The average Bonchev–Trinajstić information content (AvgIpc) is 2.88. The van der Waals surface area contributed by atoms with Crippen molar-refractivity contribution in [1.29, 1.82) is 0 Å². The van der Waals surface area contributed by atoms with E-state index in [-0.39, 0.29) is 16.5 Å². The fourth-order valence-electron chi connectivity index (χ4n) is 1.70. The molecule has 2 rings (SSSR count). The number of imidazole rings is 1. The van der Waals surface area contributed by atoms with E-state index in [1.165, 1.54) is 25.5 Å². The molecule has 0 saturated heterocycles. The van der Waals surface area contributed by atoms with Crippen LogP contribution in [-0.2, 0) is 16.6 Å². The van der Waals surface area contributed by atoms with Crippen LogP contribution >= 0.6 is 11.6 Å². The zero-order valence-electron chi connectivity index (χ0n) is 10.8. The number of nitro groups is 1. The van der Waals surface area contributed by atoms with Gasteiger partial charge in [0, 0.05) is 18.0 Å². The SMILES string of the molecule is Cc1cc(Cl)c([N+](=O)[O-])cc1S(=O)(=O)NCc1cnc[nH]1. The standard InChI is InChI=1S/C11H11ClN4O4S/c1-7-2-9(12)10(16(17)18)3-11(7)21(19,20)15-5-8-4-13-6-14-8/h2-4,6,15H,5H2,1H3,(H,13,14). The average molecular weight is 331 g/mol. The molecule has 0 aliphatic heterocycles. The number of hydrogen-bond acceptors (Lipinski definition) is 5. The Bertz CT molecular complexity index is 774. The maximum Gasteiger partial charge on any atom is 0.289 e. The summed E-state index contributed by atoms with van der Waals surface area (Å²) in [6, 6.07) is 2.21. The fourth-order valence-corrected chi connectivity index (χ4v) is 3.24. The van der Waals surface area contributed by atoms with E-state index >= 15 is 0 Å². The number of nitrogens with one attached hydrogen (secondary N) is 2. The van der Waals surface area contributed by atoms with E-state index in [0.29, 0.717) is 11.3 Å². The molecule has 0 amide bonds. The Balaban J connectivity index is 2.35. The number of hydrogen-bond donors (Lipinski definition) is 2. The number of aryl methyl sites for hydroxylation is 1. The third kappa shape index (κ3) is 3.38. The Kier molecular flexibility index (Phi) is 4.26. The Morgan fingerprint density at radius 1 is 1.48 bits per heavy atom. The van der Waals surface area contributed by atoms with Crippen LogP contribution in [0.3, 0.4) is 0 Å². The number of benzene rings is 1. The summed E-state index contributed by atoms with van der Waals surface area (Å²) in [7, 11) is -3.90. The minimum atomic E-state index is -3.90. The summed E-state index contributed by atoms with van der Waals surface area (Å²) >= 11 is 5.73. The van der Waals surface area contributed by atoms with E-state index in [1.54, 1.807) is 0 Å². The molecule has 10 heteroatoms. The molecule has 8 nitrogen and oxygen atoms in total. The van der Waals surface area contributed by atoms with Gasteiger partial charge in [0.05, 0.1) is 22.7 Å². The molecule has 112 valence electrons. The summed E-state index contributed by atoms with van der Waals surface area (Å²) in [5, 5.41) is 10.7. The molecule has 0 aliphatic carbocycles. The van der Waals surface area contributed by atoms with Crippen molar-refractivity contribution in [3.8, 4) is 0 Å². The molecule has 2 N–H and O–H groups in total. The highest BCUT2D eigenvalue weighted by Crippen LogP contribution is 2.30. The number of H-pyrrole nitrogens is 1. The van der Waals surface area contributed by atoms with E-state index in [9.17, 15) is 18.5 Å². The van der Waals surface area contributed by atoms with Gasteiger partial charge in [0.25, 0.3) is 5.69 Å². The van der Waals surface area contributed by atoms with Crippen molar-refractivity contribution < 1.29 is 13.3 Å². The van der Waals surface area contributed by atoms with E-state index in [4.69, 9.17) is 11.6 Å². The summed E-state index contributed by atoms with van der Waals surface area (Å²) in [5.41, 5.74) is 0.437. The quantitative estimate of drug-likeness (QED) is 0.639. The Hall–Kier alpha value is -1.97. The first kappa shape index (κ1) is 15.4. The summed E-state index contributed by atoms with van der Waals surface area (Å²) < 4.78 is 26.8. The normalized spacial score (nSPS) is 11.5. The molecule has 1 aromatic heterocycles. The van der Waals surface area contributed by atoms with Crippen LogP contribution in [0.2, 0.25) is 5.02 Å². The molecule has 0 spiro atoms. The number of sulfonamides is 1. The molecule has 0 aliphatic rings. The van der Waals surface area contributed by atoms with Crippen LogP contribution in [0.15, 0.2) is 29.6 Å². The number of halogens is 1. The molecule has 1 aromatic carbocycles. The maximum atomic E-state index is 12.2. The van der Waals surface area contributed by atoms with Crippen LogP contribution in [0.4, 0.5) is 5.69 Å². The van der Waals surface area contributed by atoms with Crippen LogP contribution in [0.5, 0.6) is 0 Å². The number of rotatable bonds is 5. The first-order valence-electron chi connectivity index (χ1n) is 5.72. The highest BCUT2D eigenvalue weighted by molar-refractivity contribution is 7.89. The molecule has 0 atom stereocenters. The lowest BCUT2D eigenvalue weighted by Gasteiger charge is -2.09. The molecular formula is C11H11ClN4O4S. The molecular weight excluding hydrogens is 320 g/mol. The number of nitro benzene ring substituents is 1. The van der Waals surface area contributed by atoms with Gasteiger partial charge in [-0.2, -0.15) is 0 Å². The zero-order valence-corrected chi connectivity index (χ0v) is 12.4. The molecule has 1 heterocycles. The number of nitrogens with zero attached hydrogens (tertiary/aromatic N) is 2. The lowest BCUT2D eigenvalue weighted by molar-refractivity contribution is -0.384. The lowest BCUT2D eigenvalue weighted by Crippen LogP contribution is -2.24. The lowest BCUT2D eigenvalue weighted by atomic mass is 10.2. The molecule has 0 fully saturated rings. The second-order valence-corrected chi connectivity index (χ2v) is 6.37. The van der Waals surface area contributed by atoms with Crippen LogP contribution in [-0.4, -0.2) is 23.3 Å². The van der Waals surface area contributed by atoms with Gasteiger partial charge in [-0.25, -0.2) is 18.1 Å². The predicted octanol–water partition coefficient (Wildman–Crippen LogP) is 1.76. The fraction of sp³-hybridized carbons (Fsp3) is 0.182. The zero-order chi connectivity index (χ0) is 15.6. The minimum absolute atomic E-state index is 0.00179. The van der Waals surface area contributed by atoms with Gasteiger partial charge in [0.15, 0.2) is 0 Å². The molecule has 0 unspecified atom stereocenters. The van der Waals surface area contributed by atoms with Crippen molar-refractivity contribution in [3.05, 3.63) is 51.1 Å². The van der Waals surface area contributed by atoms with Gasteiger partial charge in [-0.1, -0.05) is 11.6 Å². The number of aromatic nitrogens is 2. The van der Waals surface area contributed by atoms with Gasteiger partial charge >= 0.3 is 0 Å². The number of aromatic amines is 1. The molecule has 2 aromatic rings. The molecule has 0 saturated carbocycles. The van der Waals surface area contributed by atoms with Crippen molar-refractivity contribution in [2.75, 3.05) is 0 Å². The van der Waals surface area contributed by atoms with Crippen molar-refractivity contribution in [2.24, 2.45) is 0 Å². The van der Waals surface area contributed by atoms with Crippen LogP contribution in [0.1, 0.15) is 11.3 Å². The molecule has 21 heavy (non-hydrogen) atoms. The minimum Gasteiger partial charge on any atom is -0.347 e. The third-order valence-corrected chi connectivity index (χ3v) is 4.58. The van der Waals surface area contributed by atoms with Crippen molar-refractivity contribution in [1.82, 2.24) is 14.7 Å². The Morgan fingerprint density at radius 2 is 2.19 bits per heavy atom. The summed E-state index contributed by atoms with van der Waals surface area (Å²) in [5.74, 6) is 0. The molecule has 0 bridgehead atoms. The topological polar surface area (TPSA) is 118 Å². The van der Waals surface area contributed by atoms with E-state index in [1.807, 2.05) is 0 Å². The van der Waals surface area contributed by atoms with Gasteiger partial charge < -0.3 is 4.98 Å². The summed E-state index contributed by atoms with van der Waals surface area (Å²) in [6.45, 7) is 1.51. The van der Waals surface area contributed by atoms with Gasteiger partial charge in [0.2, 0.25) is 10.0 Å². The Labute approximate surface area is 125 Å². The van der Waals surface area contributed by atoms with Gasteiger partial charge in [-0.05, 0) is 18.6 Å². The van der Waals surface area contributed by atoms with E-state index < -0.39 is 20.6 Å². The first-order chi connectivity index (χ1) is 9.81. The smallest absolute Gasteiger partial charge is 0.289 e.